The molecule has 0 radical (unpaired) electrons. The van der Waals surface area contributed by atoms with Gasteiger partial charge in [-0.15, -0.1) is 0 Å². The van der Waals surface area contributed by atoms with Crippen LogP contribution in [0.3, 0.4) is 0 Å². The van der Waals surface area contributed by atoms with E-state index in [0.29, 0.717) is 31.6 Å². The van der Waals surface area contributed by atoms with E-state index < -0.39 is 6.04 Å². The van der Waals surface area contributed by atoms with Crippen LogP contribution in [0.1, 0.15) is 12.8 Å². The van der Waals surface area contributed by atoms with Gasteiger partial charge in [0.15, 0.2) is 0 Å². The highest BCUT2D eigenvalue weighted by Crippen LogP contribution is 2.04. The minimum absolute atomic E-state index is 0.0194. The van der Waals surface area contributed by atoms with Crippen molar-refractivity contribution in [3.63, 3.8) is 0 Å². The van der Waals surface area contributed by atoms with Crippen LogP contribution in [-0.4, -0.2) is 24.2 Å². The highest BCUT2D eigenvalue weighted by atomic mass is 16.3. The molecule has 12 heavy (non-hydrogen) atoms. The Kier molecular flexibility index (Phi) is 5.44. The molecule has 1 atom stereocenters. The SMILES string of the molecule is NCCC(N)=C(O)C(N)CCN. The van der Waals surface area contributed by atoms with Crippen molar-refractivity contribution < 1.29 is 5.11 Å². The largest absolute Gasteiger partial charge is 0.509 e. The summed E-state index contributed by atoms with van der Waals surface area (Å²) in [6.45, 7) is 0.840. The van der Waals surface area contributed by atoms with Gasteiger partial charge < -0.3 is 28.0 Å². The lowest BCUT2D eigenvalue weighted by molar-refractivity contribution is 0.350. The van der Waals surface area contributed by atoms with Crippen molar-refractivity contribution in [3.8, 4) is 0 Å². The van der Waals surface area contributed by atoms with Gasteiger partial charge in [-0.05, 0) is 19.5 Å². The first-order valence-electron chi connectivity index (χ1n) is 3.96. The van der Waals surface area contributed by atoms with E-state index in [9.17, 15) is 5.11 Å². The minimum atomic E-state index is -0.457. The predicted molar refractivity (Wildman–Crippen MR) is 49.2 cm³/mol. The first-order valence-corrected chi connectivity index (χ1v) is 3.96. The number of hydrogen-bond acceptors (Lipinski definition) is 5. The van der Waals surface area contributed by atoms with Gasteiger partial charge in [-0.1, -0.05) is 0 Å². The lowest BCUT2D eigenvalue weighted by Gasteiger charge is -2.11. The van der Waals surface area contributed by atoms with Crippen LogP contribution >= 0.6 is 0 Å². The maximum absolute atomic E-state index is 9.37. The number of rotatable bonds is 5. The van der Waals surface area contributed by atoms with Gasteiger partial charge in [0.05, 0.1) is 6.04 Å². The third kappa shape index (κ3) is 3.56. The summed E-state index contributed by atoms with van der Waals surface area (Å²) >= 11 is 0. The monoisotopic (exact) mass is 174 g/mol. The Balaban J connectivity index is 4.11. The van der Waals surface area contributed by atoms with Gasteiger partial charge >= 0.3 is 0 Å². The first-order chi connectivity index (χ1) is 5.63. The topological polar surface area (TPSA) is 124 Å². The summed E-state index contributed by atoms with van der Waals surface area (Å²) < 4.78 is 0. The third-order valence-electron chi connectivity index (χ3n) is 1.57. The molecular weight excluding hydrogens is 156 g/mol. The van der Waals surface area contributed by atoms with Crippen LogP contribution in [0.5, 0.6) is 0 Å². The van der Waals surface area contributed by atoms with E-state index in [0.717, 1.165) is 0 Å². The molecular formula is C7H18N4O. The molecule has 0 spiro atoms. The van der Waals surface area contributed by atoms with Gasteiger partial charge in [-0.2, -0.15) is 0 Å². The Hall–Kier alpha value is -0.780. The van der Waals surface area contributed by atoms with Crippen molar-refractivity contribution >= 4 is 0 Å². The molecule has 0 fully saturated rings. The molecule has 1 unspecified atom stereocenters. The van der Waals surface area contributed by atoms with Gasteiger partial charge in [0, 0.05) is 12.1 Å². The van der Waals surface area contributed by atoms with Crippen LogP contribution in [0.25, 0.3) is 0 Å². The van der Waals surface area contributed by atoms with E-state index in [1.165, 1.54) is 0 Å². The van der Waals surface area contributed by atoms with Crippen molar-refractivity contribution in [3.05, 3.63) is 11.5 Å². The summed E-state index contributed by atoms with van der Waals surface area (Å²) in [5.74, 6) is 0.0194. The molecule has 0 rings (SSSR count). The molecule has 0 aromatic carbocycles. The van der Waals surface area contributed by atoms with E-state index in [-0.39, 0.29) is 5.76 Å². The second kappa shape index (κ2) is 5.82. The fourth-order valence-corrected chi connectivity index (χ4v) is 0.838. The van der Waals surface area contributed by atoms with Crippen LogP contribution in [0, 0.1) is 0 Å². The first kappa shape index (κ1) is 11.2. The van der Waals surface area contributed by atoms with E-state index in [2.05, 4.69) is 0 Å². The molecule has 0 bridgehead atoms. The van der Waals surface area contributed by atoms with Gasteiger partial charge in [0.2, 0.25) is 0 Å². The van der Waals surface area contributed by atoms with Crippen LogP contribution in [0.4, 0.5) is 0 Å². The summed E-state index contributed by atoms with van der Waals surface area (Å²) in [5, 5.41) is 9.37. The second-order valence-electron chi connectivity index (χ2n) is 2.63. The lowest BCUT2D eigenvalue weighted by Crippen LogP contribution is -2.28. The highest BCUT2D eigenvalue weighted by molar-refractivity contribution is 5.09. The Morgan fingerprint density at radius 3 is 2.25 bits per heavy atom. The maximum atomic E-state index is 9.37. The standard InChI is InChI=1S/C7H18N4O/c8-3-1-5(10)7(12)6(11)2-4-9/h5,12H,1-4,8-11H2. The summed E-state index contributed by atoms with van der Waals surface area (Å²) in [6.07, 6.45) is 0.987. The van der Waals surface area contributed by atoms with E-state index in [1.807, 2.05) is 0 Å². The Bertz CT molecular complexity index is 157. The summed E-state index contributed by atoms with van der Waals surface area (Å²) in [4.78, 5) is 0. The number of nitrogens with two attached hydrogens (primary N) is 4. The molecule has 0 heterocycles. The van der Waals surface area contributed by atoms with Crippen LogP contribution in [0.2, 0.25) is 0 Å². The predicted octanol–water partition coefficient (Wildman–Crippen LogP) is -1.26. The van der Waals surface area contributed by atoms with E-state index in [1.54, 1.807) is 0 Å². The van der Waals surface area contributed by atoms with Gasteiger partial charge in [0.25, 0.3) is 0 Å². The molecule has 0 amide bonds. The van der Waals surface area contributed by atoms with Crippen molar-refractivity contribution in [2.24, 2.45) is 22.9 Å². The van der Waals surface area contributed by atoms with Crippen molar-refractivity contribution in [2.75, 3.05) is 13.1 Å². The molecule has 0 saturated carbocycles. The Labute approximate surface area is 72.4 Å². The van der Waals surface area contributed by atoms with Gasteiger partial charge in [-0.3, -0.25) is 0 Å². The summed E-state index contributed by atoms with van der Waals surface area (Å²) in [6, 6.07) is -0.457. The van der Waals surface area contributed by atoms with Crippen molar-refractivity contribution in [1.82, 2.24) is 0 Å². The quantitative estimate of drug-likeness (QED) is 0.333. The molecule has 72 valence electrons. The van der Waals surface area contributed by atoms with Crippen molar-refractivity contribution in [1.29, 1.82) is 0 Å². The number of aliphatic hydroxyl groups excluding tert-OH is 1. The smallest absolute Gasteiger partial charge is 0.128 e. The average molecular weight is 174 g/mol. The summed E-state index contributed by atoms with van der Waals surface area (Å²) in [5.41, 5.74) is 21.9. The van der Waals surface area contributed by atoms with E-state index >= 15 is 0 Å². The molecule has 0 aliphatic carbocycles. The molecule has 0 saturated heterocycles. The molecule has 5 nitrogen and oxygen atoms in total. The second-order valence-corrected chi connectivity index (χ2v) is 2.63. The molecule has 0 aromatic heterocycles. The lowest BCUT2D eigenvalue weighted by atomic mass is 10.1. The molecule has 0 aliphatic rings. The zero-order valence-corrected chi connectivity index (χ0v) is 7.16. The molecule has 9 N–H and O–H groups in total. The Morgan fingerprint density at radius 2 is 1.83 bits per heavy atom. The molecule has 5 heteroatoms. The van der Waals surface area contributed by atoms with Crippen LogP contribution in [-0.2, 0) is 0 Å². The number of aliphatic hydroxyl groups is 1. The maximum Gasteiger partial charge on any atom is 0.128 e. The molecule has 0 aromatic rings. The highest BCUT2D eigenvalue weighted by Gasteiger charge is 2.09. The zero-order chi connectivity index (χ0) is 9.56. The van der Waals surface area contributed by atoms with Crippen molar-refractivity contribution in [2.45, 2.75) is 18.9 Å². The number of hydrogen-bond donors (Lipinski definition) is 5. The summed E-state index contributed by atoms with van der Waals surface area (Å²) in [7, 11) is 0. The minimum Gasteiger partial charge on any atom is -0.509 e. The fourth-order valence-electron chi connectivity index (χ4n) is 0.838. The van der Waals surface area contributed by atoms with Crippen LogP contribution in [0.15, 0.2) is 11.5 Å². The normalized spacial score (nSPS) is 15.6. The van der Waals surface area contributed by atoms with Gasteiger partial charge in [0.1, 0.15) is 5.76 Å². The van der Waals surface area contributed by atoms with E-state index in [4.69, 9.17) is 22.9 Å². The fraction of sp³-hybridized carbons (Fsp3) is 0.714. The third-order valence-corrected chi connectivity index (χ3v) is 1.57. The Morgan fingerprint density at radius 1 is 1.25 bits per heavy atom. The zero-order valence-electron chi connectivity index (χ0n) is 7.16. The van der Waals surface area contributed by atoms with Crippen LogP contribution < -0.4 is 22.9 Å². The average Bonchev–Trinajstić information content (AvgIpc) is 2.04. The van der Waals surface area contributed by atoms with Gasteiger partial charge in [-0.25, -0.2) is 0 Å². The molecule has 0 aliphatic heterocycles.